The Balaban J connectivity index is 1.28. The lowest BCUT2D eigenvalue weighted by Crippen LogP contribution is -2.44. The predicted molar refractivity (Wildman–Crippen MR) is 126 cm³/mol. The van der Waals surface area contributed by atoms with E-state index in [1.54, 1.807) is 0 Å². The summed E-state index contributed by atoms with van der Waals surface area (Å²) in [6.45, 7) is 2.67. The van der Waals surface area contributed by atoms with Crippen molar-refractivity contribution in [1.29, 1.82) is 0 Å². The van der Waals surface area contributed by atoms with Crippen LogP contribution in [0.25, 0.3) is 0 Å². The third-order valence-corrected chi connectivity index (χ3v) is 6.31. The summed E-state index contributed by atoms with van der Waals surface area (Å²) >= 11 is 0. The Kier molecular flexibility index (Phi) is 5.63. The normalized spacial score (nSPS) is 18.5. The van der Waals surface area contributed by atoms with Gasteiger partial charge in [0, 0.05) is 18.7 Å². The van der Waals surface area contributed by atoms with Crippen LogP contribution in [-0.4, -0.2) is 36.3 Å². The molecule has 4 nitrogen and oxygen atoms in total. The first-order valence-corrected chi connectivity index (χ1v) is 11.1. The van der Waals surface area contributed by atoms with Gasteiger partial charge in [0.25, 0.3) is 5.91 Å². The smallest absolute Gasteiger partial charge is 0.278 e. The molecule has 0 N–H and O–H groups in total. The quantitative estimate of drug-likeness (QED) is 0.590. The summed E-state index contributed by atoms with van der Waals surface area (Å²) in [5, 5.41) is 0. The Bertz CT molecular complexity index is 1070. The van der Waals surface area contributed by atoms with E-state index in [0.717, 1.165) is 42.4 Å². The van der Waals surface area contributed by atoms with Gasteiger partial charge in [0.1, 0.15) is 5.71 Å². The number of likely N-dealkylation sites (tertiary alicyclic amines) is 1. The second-order valence-corrected chi connectivity index (χ2v) is 8.44. The molecule has 0 aromatic heterocycles. The Labute approximate surface area is 183 Å². The van der Waals surface area contributed by atoms with E-state index in [1.807, 2.05) is 59.5 Å². The van der Waals surface area contributed by atoms with Gasteiger partial charge >= 0.3 is 0 Å². The van der Waals surface area contributed by atoms with Gasteiger partial charge in [0.2, 0.25) is 0 Å². The molecule has 1 saturated heterocycles. The molecule has 0 spiro atoms. The molecule has 0 saturated carbocycles. The van der Waals surface area contributed by atoms with Crippen LogP contribution in [0.3, 0.4) is 0 Å². The lowest BCUT2D eigenvalue weighted by atomic mass is 9.90. The standard InChI is InChI=1S/C27H27N3O/c31-27-26(28-23-11-5-2-6-12-23)24-13-7-8-14-25(24)30(27)20-29-17-15-22(16-18-29)19-21-9-3-1-4-10-21/h1-14,22H,15-20H2. The van der Waals surface area contributed by atoms with Crippen LogP contribution in [0.15, 0.2) is 89.9 Å². The highest BCUT2D eigenvalue weighted by Crippen LogP contribution is 2.32. The third-order valence-electron chi connectivity index (χ3n) is 6.31. The van der Waals surface area contributed by atoms with Crippen LogP contribution in [0.5, 0.6) is 0 Å². The minimum Gasteiger partial charge on any atom is -0.293 e. The van der Waals surface area contributed by atoms with Crippen molar-refractivity contribution >= 4 is 23.0 Å². The van der Waals surface area contributed by atoms with Gasteiger partial charge in [-0.05, 0) is 48.9 Å². The molecule has 4 heteroatoms. The van der Waals surface area contributed by atoms with Gasteiger partial charge in [-0.25, -0.2) is 4.99 Å². The monoisotopic (exact) mass is 409 g/mol. The maximum Gasteiger partial charge on any atom is 0.278 e. The zero-order chi connectivity index (χ0) is 21.0. The zero-order valence-corrected chi connectivity index (χ0v) is 17.7. The summed E-state index contributed by atoms with van der Waals surface area (Å²) in [4.78, 5) is 22.3. The van der Waals surface area contributed by atoms with Crippen molar-refractivity contribution in [2.75, 3.05) is 24.7 Å². The maximum absolute atomic E-state index is 13.3. The average molecular weight is 410 g/mol. The van der Waals surface area contributed by atoms with E-state index in [-0.39, 0.29) is 5.91 Å². The summed E-state index contributed by atoms with van der Waals surface area (Å²) < 4.78 is 0. The minimum absolute atomic E-state index is 0.00328. The first kappa shape index (κ1) is 19.7. The van der Waals surface area contributed by atoms with Crippen molar-refractivity contribution in [2.45, 2.75) is 19.3 Å². The molecule has 0 atom stereocenters. The number of hydrogen-bond donors (Lipinski definition) is 0. The largest absolute Gasteiger partial charge is 0.293 e. The summed E-state index contributed by atoms with van der Waals surface area (Å²) in [5.41, 5.74) is 4.67. The molecule has 31 heavy (non-hydrogen) atoms. The summed E-state index contributed by atoms with van der Waals surface area (Å²) in [5.74, 6) is 0.715. The van der Waals surface area contributed by atoms with E-state index in [4.69, 9.17) is 0 Å². The van der Waals surface area contributed by atoms with Crippen LogP contribution in [0, 0.1) is 5.92 Å². The molecular formula is C27H27N3O. The van der Waals surface area contributed by atoms with Gasteiger partial charge in [-0.3, -0.25) is 14.6 Å². The van der Waals surface area contributed by atoms with Gasteiger partial charge in [-0.2, -0.15) is 0 Å². The van der Waals surface area contributed by atoms with Crippen LogP contribution in [0.4, 0.5) is 11.4 Å². The first-order valence-electron chi connectivity index (χ1n) is 11.1. The van der Waals surface area contributed by atoms with Gasteiger partial charge in [0.15, 0.2) is 0 Å². The highest BCUT2D eigenvalue weighted by Gasteiger charge is 2.35. The number of carbonyl (C=O) groups excluding carboxylic acids is 1. The number of benzene rings is 3. The maximum atomic E-state index is 13.3. The molecule has 2 aliphatic rings. The molecule has 2 aliphatic heterocycles. The van der Waals surface area contributed by atoms with Gasteiger partial charge in [-0.1, -0.05) is 66.7 Å². The van der Waals surface area contributed by atoms with Crippen LogP contribution in [0.2, 0.25) is 0 Å². The lowest BCUT2D eigenvalue weighted by molar-refractivity contribution is -0.112. The van der Waals surface area contributed by atoms with E-state index in [9.17, 15) is 4.79 Å². The number of carbonyl (C=O) groups is 1. The number of aliphatic imine (C=N–C) groups is 1. The second kappa shape index (κ2) is 8.86. The Morgan fingerprint density at radius 2 is 1.45 bits per heavy atom. The molecule has 156 valence electrons. The summed E-state index contributed by atoms with van der Waals surface area (Å²) in [6.07, 6.45) is 3.49. The molecule has 2 heterocycles. The van der Waals surface area contributed by atoms with E-state index in [1.165, 1.54) is 18.4 Å². The Morgan fingerprint density at radius 3 is 2.19 bits per heavy atom. The molecule has 0 aliphatic carbocycles. The Hall–Kier alpha value is -3.24. The van der Waals surface area contributed by atoms with Gasteiger partial charge in [0.05, 0.1) is 18.0 Å². The molecule has 5 rings (SSSR count). The number of para-hydroxylation sites is 2. The fourth-order valence-electron chi connectivity index (χ4n) is 4.62. The van der Waals surface area contributed by atoms with Crippen molar-refractivity contribution in [3.05, 3.63) is 96.1 Å². The minimum atomic E-state index is -0.00328. The fourth-order valence-corrected chi connectivity index (χ4v) is 4.62. The molecule has 0 bridgehead atoms. The highest BCUT2D eigenvalue weighted by atomic mass is 16.2. The average Bonchev–Trinajstić information content (AvgIpc) is 3.08. The van der Waals surface area contributed by atoms with Crippen LogP contribution in [-0.2, 0) is 11.2 Å². The molecule has 3 aromatic carbocycles. The molecule has 0 unspecified atom stereocenters. The van der Waals surface area contributed by atoms with Crippen molar-refractivity contribution in [1.82, 2.24) is 4.90 Å². The number of anilines is 1. The second-order valence-electron chi connectivity index (χ2n) is 8.44. The number of rotatable bonds is 5. The summed E-state index contributed by atoms with van der Waals surface area (Å²) in [6, 6.07) is 28.5. The van der Waals surface area contributed by atoms with Crippen LogP contribution in [0.1, 0.15) is 24.0 Å². The first-order chi connectivity index (χ1) is 15.3. The zero-order valence-electron chi connectivity index (χ0n) is 17.7. The molecule has 1 amide bonds. The highest BCUT2D eigenvalue weighted by molar-refractivity contribution is 6.54. The van der Waals surface area contributed by atoms with Crippen LogP contribution < -0.4 is 4.90 Å². The molecule has 1 fully saturated rings. The summed E-state index contributed by atoms with van der Waals surface area (Å²) in [7, 11) is 0. The number of fused-ring (bicyclic) bond motifs is 1. The van der Waals surface area contributed by atoms with Gasteiger partial charge in [-0.15, -0.1) is 0 Å². The van der Waals surface area contributed by atoms with E-state index in [0.29, 0.717) is 12.4 Å². The SMILES string of the molecule is O=C1C(=Nc2ccccc2)c2ccccc2N1CN1CCC(Cc2ccccc2)CC1. The van der Waals surface area contributed by atoms with Crippen molar-refractivity contribution in [2.24, 2.45) is 10.9 Å². The van der Waals surface area contributed by atoms with Crippen molar-refractivity contribution in [3.8, 4) is 0 Å². The fraction of sp³-hybridized carbons (Fsp3) is 0.259. The number of nitrogens with zero attached hydrogens (tertiary/aromatic N) is 3. The Morgan fingerprint density at radius 1 is 0.806 bits per heavy atom. The van der Waals surface area contributed by atoms with E-state index < -0.39 is 0 Å². The van der Waals surface area contributed by atoms with E-state index in [2.05, 4.69) is 40.2 Å². The number of amides is 1. The molecular weight excluding hydrogens is 382 g/mol. The predicted octanol–water partition coefficient (Wildman–Crippen LogP) is 5.07. The lowest BCUT2D eigenvalue weighted by Gasteiger charge is -2.34. The topological polar surface area (TPSA) is 35.9 Å². The molecule has 0 radical (unpaired) electrons. The number of hydrogen-bond acceptors (Lipinski definition) is 3. The number of piperidine rings is 1. The van der Waals surface area contributed by atoms with Gasteiger partial charge < -0.3 is 0 Å². The van der Waals surface area contributed by atoms with Crippen molar-refractivity contribution < 1.29 is 4.79 Å². The van der Waals surface area contributed by atoms with E-state index >= 15 is 0 Å². The third kappa shape index (κ3) is 4.30. The van der Waals surface area contributed by atoms with Crippen LogP contribution >= 0.6 is 0 Å². The van der Waals surface area contributed by atoms with Crippen molar-refractivity contribution in [3.63, 3.8) is 0 Å². The molecule has 3 aromatic rings.